The van der Waals surface area contributed by atoms with Gasteiger partial charge in [0.05, 0.1) is 44.2 Å². The molecule has 34 heavy (non-hydrogen) atoms. The molecule has 1 unspecified atom stereocenters. The molecule has 2 aromatic carbocycles. The summed E-state index contributed by atoms with van der Waals surface area (Å²) in [5.74, 6) is -0.498. The predicted molar refractivity (Wildman–Crippen MR) is 127 cm³/mol. The number of aliphatic hydroxyl groups is 1. The molecule has 0 spiro atoms. The van der Waals surface area contributed by atoms with Gasteiger partial charge in [-0.2, -0.15) is 0 Å². The molecule has 1 saturated heterocycles. The summed E-state index contributed by atoms with van der Waals surface area (Å²) in [7, 11) is 6.81. The summed E-state index contributed by atoms with van der Waals surface area (Å²) in [6, 6.07) is 15.0. The molecule has 1 amide bonds. The first-order valence-electron chi connectivity index (χ1n) is 10.7. The molecule has 3 aromatic rings. The second kappa shape index (κ2) is 9.35. The van der Waals surface area contributed by atoms with Crippen LogP contribution < -0.4 is 14.4 Å². The summed E-state index contributed by atoms with van der Waals surface area (Å²) in [5, 5.41) is 11.4. The second-order valence-electron chi connectivity index (χ2n) is 8.06. The highest BCUT2D eigenvalue weighted by Crippen LogP contribution is 2.42. The van der Waals surface area contributed by atoms with Crippen LogP contribution in [0.25, 0.3) is 5.76 Å². The number of rotatable bonds is 7. The van der Waals surface area contributed by atoms with Gasteiger partial charge < -0.3 is 28.8 Å². The molecule has 0 saturated carbocycles. The third kappa shape index (κ3) is 4.10. The molecule has 0 aliphatic carbocycles. The first-order chi connectivity index (χ1) is 16.3. The molecule has 1 aliphatic rings. The summed E-state index contributed by atoms with van der Waals surface area (Å²) >= 11 is 0. The maximum atomic E-state index is 13.3. The van der Waals surface area contributed by atoms with Gasteiger partial charge in [-0.05, 0) is 48.0 Å². The number of amides is 1. The van der Waals surface area contributed by atoms with E-state index in [1.807, 2.05) is 43.3 Å². The van der Waals surface area contributed by atoms with Crippen LogP contribution in [-0.2, 0) is 16.1 Å². The molecule has 8 nitrogen and oxygen atoms in total. The molecule has 0 radical (unpaired) electrons. The zero-order valence-corrected chi connectivity index (χ0v) is 19.4. The average molecular weight is 463 g/mol. The fraction of sp³-hybridized carbons (Fsp3) is 0.231. The number of ether oxygens (including phenoxy) is 2. The van der Waals surface area contributed by atoms with Crippen molar-refractivity contribution < 1.29 is 28.6 Å². The molecule has 1 fully saturated rings. The zero-order valence-electron chi connectivity index (χ0n) is 19.4. The number of aliphatic hydroxyl groups excluding tert-OH is 1. The molecular weight excluding hydrogens is 436 g/mol. The minimum atomic E-state index is -0.822. The number of hydrogen-bond acceptors (Lipinski definition) is 7. The topological polar surface area (TPSA) is 92.4 Å². The van der Waals surface area contributed by atoms with Gasteiger partial charge in [0.1, 0.15) is 23.0 Å². The lowest BCUT2D eigenvalue weighted by Crippen LogP contribution is -2.29. The minimum Gasteiger partial charge on any atom is -0.507 e. The maximum Gasteiger partial charge on any atom is 0.296 e. The van der Waals surface area contributed by atoms with E-state index in [0.29, 0.717) is 22.8 Å². The fourth-order valence-electron chi connectivity index (χ4n) is 4.06. The molecule has 2 heterocycles. The van der Waals surface area contributed by atoms with Crippen molar-refractivity contribution in [2.24, 2.45) is 0 Å². The van der Waals surface area contributed by atoms with Crippen LogP contribution in [0.3, 0.4) is 0 Å². The summed E-state index contributed by atoms with van der Waals surface area (Å²) < 4.78 is 16.1. The van der Waals surface area contributed by atoms with Gasteiger partial charge in [0.15, 0.2) is 0 Å². The number of anilines is 1. The van der Waals surface area contributed by atoms with Crippen molar-refractivity contribution in [2.45, 2.75) is 12.6 Å². The minimum absolute atomic E-state index is 0.0271. The predicted octanol–water partition coefficient (Wildman–Crippen LogP) is 3.98. The highest BCUT2D eigenvalue weighted by Gasteiger charge is 2.46. The lowest BCUT2D eigenvalue weighted by molar-refractivity contribution is -0.140. The van der Waals surface area contributed by atoms with Crippen LogP contribution >= 0.6 is 0 Å². The Morgan fingerprint density at radius 2 is 1.79 bits per heavy atom. The van der Waals surface area contributed by atoms with E-state index in [9.17, 15) is 14.7 Å². The molecule has 1 aromatic heterocycles. The van der Waals surface area contributed by atoms with Crippen LogP contribution in [0, 0.1) is 0 Å². The average Bonchev–Trinajstić information content (AvgIpc) is 3.45. The van der Waals surface area contributed by atoms with Gasteiger partial charge >= 0.3 is 0 Å². The third-order valence-corrected chi connectivity index (χ3v) is 5.83. The summed E-state index contributed by atoms with van der Waals surface area (Å²) in [6.45, 7) is 0.0731. The lowest BCUT2D eigenvalue weighted by atomic mass is 9.94. The monoisotopic (exact) mass is 462 g/mol. The van der Waals surface area contributed by atoms with E-state index in [1.54, 1.807) is 30.3 Å². The van der Waals surface area contributed by atoms with E-state index < -0.39 is 17.7 Å². The first-order valence-corrected chi connectivity index (χ1v) is 10.7. The number of nitrogens with zero attached hydrogens (tertiary/aromatic N) is 2. The van der Waals surface area contributed by atoms with E-state index in [4.69, 9.17) is 13.9 Å². The van der Waals surface area contributed by atoms with E-state index in [1.165, 1.54) is 25.4 Å². The van der Waals surface area contributed by atoms with E-state index in [0.717, 1.165) is 5.69 Å². The van der Waals surface area contributed by atoms with Crippen LogP contribution in [0.2, 0.25) is 0 Å². The maximum absolute atomic E-state index is 13.3. The number of carbonyl (C=O) groups excluding carboxylic acids is 2. The molecule has 0 bridgehead atoms. The van der Waals surface area contributed by atoms with Crippen molar-refractivity contribution in [3.05, 3.63) is 83.3 Å². The molecule has 1 aliphatic heterocycles. The zero-order chi connectivity index (χ0) is 24.4. The smallest absolute Gasteiger partial charge is 0.296 e. The van der Waals surface area contributed by atoms with Crippen molar-refractivity contribution in [1.29, 1.82) is 0 Å². The van der Waals surface area contributed by atoms with Crippen LogP contribution in [-0.4, -0.2) is 50.0 Å². The van der Waals surface area contributed by atoms with Crippen LogP contribution in [0.1, 0.15) is 22.9 Å². The van der Waals surface area contributed by atoms with Crippen molar-refractivity contribution >= 4 is 23.1 Å². The quantitative estimate of drug-likeness (QED) is 0.322. The van der Waals surface area contributed by atoms with Crippen LogP contribution in [0.15, 0.2) is 70.9 Å². The largest absolute Gasteiger partial charge is 0.507 e. The number of methoxy groups -OCH3 is 2. The van der Waals surface area contributed by atoms with Gasteiger partial charge in [-0.3, -0.25) is 9.59 Å². The van der Waals surface area contributed by atoms with Crippen LogP contribution in [0.4, 0.5) is 5.69 Å². The molecule has 1 N–H and O–H groups in total. The number of likely N-dealkylation sites (tertiary alicyclic amines) is 1. The second-order valence-corrected chi connectivity index (χ2v) is 8.06. The van der Waals surface area contributed by atoms with Gasteiger partial charge in [0, 0.05) is 19.8 Å². The Balaban J connectivity index is 1.90. The number of furan rings is 1. The lowest BCUT2D eigenvalue weighted by Gasteiger charge is -2.25. The van der Waals surface area contributed by atoms with Crippen molar-refractivity contribution in [3.63, 3.8) is 0 Å². The Kier molecular flexibility index (Phi) is 6.32. The number of benzene rings is 2. The highest BCUT2D eigenvalue weighted by atomic mass is 16.5. The third-order valence-electron chi connectivity index (χ3n) is 5.83. The molecule has 1 atom stereocenters. The number of ketones is 1. The molecule has 176 valence electrons. The Morgan fingerprint density at radius 1 is 1.06 bits per heavy atom. The van der Waals surface area contributed by atoms with E-state index in [2.05, 4.69) is 0 Å². The number of hydrogen-bond donors (Lipinski definition) is 1. The van der Waals surface area contributed by atoms with Crippen molar-refractivity contribution in [3.8, 4) is 11.5 Å². The number of carbonyl (C=O) groups is 2. The van der Waals surface area contributed by atoms with E-state index in [-0.39, 0.29) is 23.4 Å². The normalized spacial score (nSPS) is 17.2. The SMILES string of the molecule is COc1ccc(OC)c(/C(O)=C2\C(=O)C(=O)N(Cc3ccco3)C2c2ccc(N(C)C)cc2)c1. The Hall–Kier alpha value is -4.20. The van der Waals surface area contributed by atoms with Crippen molar-refractivity contribution in [2.75, 3.05) is 33.2 Å². The first kappa shape index (κ1) is 23.0. The summed E-state index contributed by atoms with van der Waals surface area (Å²) in [4.78, 5) is 29.7. The Morgan fingerprint density at radius 3 is 2.38 bits per heavy atom. The molecule has 8 heteroatoms. The van der Waals surface area contributed by atoms with Gasteiger partial charge in [-0.15, -0.1) is 0 Å². The van der Waals surface area contributed by atoms with Crippen molar-refractivity contribution in [1.82, 2.24) is 4.90 Å². The molecule has 4 rings (SSSR count). The fourth-order valence-corrected chi connectivity index (χ4v) is 4.06. The number of Topliss-reactive ketones (excluding diaryl/α,β-unsaturated/α-hetero) is 1. The van der Waals surface area contributed by atoms with Crippen LogP contribution in [0.5, 0.6) is 11.5 Å². The Bertz CT molecular complexity index is 1230. The molecular formula is C26H26N2O6. The van der Waals surface area contributed by atoms with E-state index >= 15 is 0 Å². The standard InChI is InChI=1S/C26H26N2O6/c1-27(2)17-9-7-16(8-10-17)23-22(24(29)20-14-18(32-3)11-12-21(20)33-4)25(30)26(31)28(23)15-19-6-5-13-34-19/h5-14,23,29H,15H2,1-4H3/b24-22+. The van der Waals surface area contributed by atoms with Gasteiger partial charge in [-0.1, -0.05) is 12.1 Å². The Labute approximate surface area is 197 Å². The highest BCUT2D eigenvalue weighted by molar-refractivity contribution is 6.46. The van der Waals surface area contributed by atoms with Gasteiger partial charge in [-0.25, -0.2) is 0 Å². The summed E-state index contributed by atoms with van der Waals surface area (Å²) in [6.07, 6.45) is 1.51. The van der Waals surface area contributed by atoms with Gasteiger partial charge in [0.2, 0.25) is 0 Å². The van der Waals surface area contributed by atoms with Gasteiger partial charge in [0.25, 0.3) is 11.7 Å². The summed E-state index contributed by atoms with van der Waals surface area (Å²) in [5.41, 5.74) is 1.87.